The van der Waals surface area contributed by atoms with E-state index in [9.17, 15) is 18.0 Å². The van der Waals surface area contributed by atoms with E-state index in [4.69, 9.17) is 11.6 Å². The molecule has 0 fully saturated rings. The lowest BCUT2D eigenvalue weighted by atomic mass is 10.2. The fraction of sp³-hybridized carbons (Fsp3) is 0.0435. The lowest BCUT2D eigenvalue weighted by Crippen LogP contribution is -2.41. The molecule has 4 aromatic rings. The van der Waals surface area contributed by atoms with Crippen molar-refractivity contribution in [2.75, 3.05) is 4.72 Å². The number of nitrogens with one attached hydrogen (secondary N) is 3. The van der Waals surface area contributed by atoms with E-state index in [1.807, 2.05) is 35.9 Å². The van der Waals surface area contributed by atoms with Crippen molar-refractivity contribution in [2.45, 2.75) is 4.90 Å². The topological polar surface area (TPSA) is 109 Å². The quantitative estimate of drug-likeness (QED) is 0.377. The largest absolute Gasteiger partial charge is 0.350 e. The number of rotatable bonds is 5. The number of hydrogen-bond donors (Lipinski definition) is 3. The number of amides is 2. The fourth-order valence-corrected chi connectivity index (χ4v) is 4.69. The van der Waals surface area contributed by atoms with E-state index in [0.717, 1.165) is 10.9 Å². The second-order valence-electron chi connectivity index (χ2n) is 7.19. The summed E-state index contributed by atoms with van der Waals surface area (Å²) in [5.41, 5.74) is 6.24. The maximum absolute atomic E-state index is 12.7. The molecule has 0 unspecified atom stereocenters. The van der Waals surface area contributed by atoms with Crippen LogP contribution in [-0.4, -0.2) is 24.8 Å². The number of aromatic nitrogens is 1. The molecule has 0 aliphatic carbocycles. The van der Waals surface area contributed by atoms with Crippen molar-refractivity contribution in [3.63, 3.8) is 0 Å². The van der Waals surface area contributed by atoms with Gasteiger partial charge in [0.15, 0.2) is 0 Å². The average molecular weight is 483 g/mol. The number of para-hydroxylation sites is 2. The smallest absolute Gasteiger partial charge is 0.271 e. The highest BCUT2D eigenvalue weighted by Gasteiger charge is 2.19. The molecule has 0 aliphatic rings. The minimum absolute atomic E-state index is 0.0512. The second kappa shape index (κ2) is 8.97. The predicted molar refractivity (Wildman–Crippen MR) is 127 cm³/mol. The van der Waals surface area contributed by atoms with E-state index in [1.165, 1.54) is 30.3 Å². The van der Waals surface area contributed by atoms with Crippen molar-refractivity contribution in [2.24, 2.45) is 7.05 Å². The number of anilines is 1. The molecule has 3 N–H and O–H groups in total. The number of hydrazine groups is 1. The Morgan fingerprint density at radius 2 is 1.58 bits per heavy atom. The van der Waals surface area contributed by atoms with Crippen LogP contribution < -0.4 is 15.6 Å². The van der Waals surface area contributed by atoms with E-state index in [-0.39, 0.29) is 21.2 Å². The third-order valence-corrected chi connectivity index (χ3v) is 6.65. The van der Waals surface area contributed by atoms with Crippen molar-refractivity contribution in [3.8, 4) is 0 Å². The molecular weight excluding hydrogens is 464 g/mol. The number of nitrogens with zero attached hydrogens (tertiary/aromatic N) is 1. The molecule has 1 heterocycles. The first-order chi connectivity index (χ1) is 15.8. The van der Waals surface area contributed by atoms with Crippen LogP contribution in [0, 0.1) is 0 Å². The van der Waals surface area contributed by atoms with Crippen LogP contribution in [0.4, 0.5) is 5.69 Å². The molecule has 0 aliphatic heterocycles. The zero-order valence-corrected chi connectivity index (χ0v) is 18.9. The normalized spacial score (nSPS) is 11.2. The van der Waals surface area contributed by atoms with Crippen molar-refractivity contribution < 1.29 is 18.0 Å². The molecule has 4 rings (SSSR count). The van der Waals surface area contributed by atoms with E-state index in [0.29, 0.717) is 5.56 Å². The average Bonchev–Trinajstić information content (AvgIpc) is 3.15. The zero-order chi connectivity index (χ0) is 23.6. The molecule has 0 saturated heterocycles. The number of fused-ring (bicyclic) bond motifs is 1. The van der Waals surface area contributed by atoms with Gasteiger partial charge in [-0.05, 0) is 36.4 Å². The maximum atomic E-state index is 12.7. The van der Waals surface area contributed by atoms with E-state index >= 15 is 0 Å². The number of hydrogen-bond acceptors (Lipinski definition) is 4. The van der Waals surface area contributed by atoms with Gasteiger partial charge in [0.2, 0.25) is 0 Å². The first kappa shape index (κ1) is 22.4. The zero-order valence-electron chi connectivity index (χ0n) is 17.4. The Morgan fingerprint density at radius 3 is 2.36 bits per heavy atom. The van der Waals surface area contributed by atoms with Gasteiger partial charge in [-0.25, -0.2) is 8.42 Å². The summed E-state index contributed by atoms with van der Waals surface area (Å²) in [5.74, 6) is -1.16. The highest BCUT2D eigenvalue weighted by molar-refractivity contribution is 7.92. The minimum atomic E-state index is -3.99. The molecule has 0 bridgehead atoms. The lowest BCUT2D eigenvalue weighted by molar-refractivity contribution is 0.0847. The summed E-state index contributed by atoms with van der Waals surface area (Å²) in [5, 5.41) is 0.983. The van der Waals surface area contributed by atoms with Gasteiger partial charge in [-0.3, -0.25) is 25.2 Å². The van der Waals surface area contributed by atoms with E-state index in [2.05, 4.69) is 15.6 Å². The summed E-state index contributed by atoms with van der Waals surface area (Å²) >= 11 is 6.03. The number of carbonyl (C=O) groups excluding carboxylic acids is 2. The van der Waals surface area contributed by atoms with Crippen molar-refractivity contribution in [1.82, 2.24) is 15.4 Å². The third kappa shape index (κ3) is 4.69. The molecule has 33 heavy (non-hydrogen) atoms. The summed E-state index contributed by atoms with van der Waals surface area (Å²) in [6, 6.07) is 19.2. The van der Waals surface area contributed by atoms with Crippen LogP contribution in [0.15, 0.2) is 83.9 Å². The Bertz CT molecular complexity index is 1480. The predicted octanol–water partition coefficient (Wildman–Crippen LogP) is 3.71. The molecule has 0 atom stereocenters. The number of benzene rings is 3. The van der Waals surface area contributed by atoms with Gasteiger partial charge in [0.1, 0.15) is 0 Å². The molecule has 8 nitrogen and oxygen atoms in total. The molecule has 2 amide bonds. The molecule has 0 radical (unpaired) electrons. The number of carbonyl (C=O) groups is 2. The Balaban J connectivity index is 1.48. The monoisotopic (exact) mass is 482 g/mol. The minimum Gasteiger partial charge on any atom is -0.350 e. The van der Waals surface area contributed by atoms with Crippen molar-refractivity contribution >= 4 is 50.0 Å². The Labute approximate surface area is 195 Å². The first-order valence-electron chi connectivity index (χ1n) is 9.78. The van der Waals surface area contributed by atoms with Gasteiger partial charge in [0.05, 0.1) is 21.2 Å². The molecule has 10 heteroatoms. The lowest BCUT2D eigenvalue weighted by Gasteiger charge is -2.11. The summed E-state index contributed by atoms with van der Waals surface area (Å²) in [6.45, 7) is 0. The molecule has 168 valence electrons. The summed E-state index contributed by atoms with van der Waals surface area (Å²) in [6.07, 6.45) is 1.67. The molecule has 1 aromatic heterocycles. The molecular formula is C23H19ClN4O4S. The first-order valence-corrected chi connectivity index (χ1v) is 11.6. The van der Waals surface area contributed by atoms with Crippen LogP contribution in [-0.2, 0) is 17.1 Å². The number of aryl methyl sites for hydroxylation is 1. The van der Waals surface area contributed by atoms with Gasteiger partial charge in [-0.1, -0.05) is 48.0 Å². The van der Waals surface area contributed by atoms with Crippen molar-refractivity contribution in [1.29, 1.82) is 0 Å². The van der Waals surface area contributed by atoms with Crippen molar-refractivity contribution in [3.05, 3.63) is 95.1 Å². The van der Waals surface area contributed by atoms with Crippen LogP contribution in [0.5, 0.6) is 0 Å². The maximum Gasteiger partial charge on any atom is 0.271 e. The van der Waals surface area contributed by atoms with Gasteiger partial charge in [-0.15, -0.1) is 0 Å². The summed E-state index contributed by atoms with van der Waals surface area (Å²) in [7, 11) is -2.17. The highest BCUT2D eigenvalue weighted by atomic mass is 35.5. The fourth-order valence-electron chi connectivity index (χ4n) is 3.33. The molecule has 0 spiro atoms. The summed E-state index contributed by atoms with van der Waals surface area (Å²) in [4.78, 5) is 25.1. The van der Waals surface area contributed by atoms with Crippen LogP contribution in [0.25, 0.3) is 10.9 Å². The Morgan fingerprint density at radius 1 is 0.879 bits per heavy atom. The van der Waals surface area contributed by atoms with Gasteiger partial charge in [0.25, 0.3) is 21.8 Å². The third-order valence-electron chi connectivity index (χ3n) is 4.96. The second-order valence-corrected chi connectivity index (χ2v) is 9.28. The van der Waals surface area contributed by atoms with E-state index < -0.39 is 21.8 Å². The molecule has 0 saturated carbocycles. The van der Waals surface area contributed by atoms with Crippen LogP contribution in [0.3, 0.4) is 0 Å². The van der Waals surface area contributed by atoms with Gasteiger partial charge in [-0.2, -0.15) is 0 Å². The standard InChI is InChI=1S/C23H19ClN4O4S/c1-28-14-18(17-9-2-5-12-21(17)28)23(30)26-25-22(29)15-7-6-8-16(13-15)33(31,32)27-20-11-4-3-10-19(20)24/h2-14,27H,1H3,(H,25,29)(H,26,30). The van der Waals surface area contributed by atoms with Crippen LogP contribution in [0.1, 0.15) is 20.7 Å². The molecule has 3 aromatic carbocycles. The Hall–Kier alpha value is -3.82. The van der Waals surface area contributed by atoms with Crippen LogP contribution >= 0.6 is 11.6 Å². The summed E-state index contributed by atoms with van der Waals surface area (Å²) < 4.78 is 29.7. The van der Waals surface area contributed by atoms with Crippen LogP contribution in [0.2, 0.25) is 5.02 Å². The van der Waals surface area contributed by atoms with Gasteiger partial charge in [0, 0.05) is 29.7 Å². The highest BCUT2D eigenvalue weighted by Crippen LogP contribution is 2.24. The number of halogens is 1. The number of sulfonamides is 1. The van der Waals surface area contributed by atoms with Gasteiger partial charge >= 0.3 is 0 Å². The van der Waals surface area contributed by atoms with E-state index in [1.54, 1.807) is 24.4 Å². The Kier molecular flexibility index (Phi) is 6.08. The SMILES string of the molecule is Cn1cc(C(=O)NNC(=O)c2cccc(S(=O)(=O)Nc3ccccc3Cl)c2)c2ccccc21. The van der Waals surface area contributed by atoms with Gasteiger partial charge < -0.3 is 4.57 Å².